The number of nitrogens with zero attached hydrogens (tertiary/aromatic N) is 4. The molecule has 8 heteroatoms. The van der Waals surface area contributed by atoms with Gasteiger partial charge in [0.2, 0.25) is 0 Å². The maximum Gasteiger partial charge on any atom is 0.254 e. The van der Waals surface area contributed by atoms with Crippen LogP contribution in [0.1, 0.15) is 5.82 Å². The van der Waals surface area contributed by atoms with E-state index in [1.165, 1.54) is 12.7 Å². The summed E-state index contributed by atoms with van der Waals surface area (Å²) in [6.07, 6.45) is 2.95. The number of methoxy groups -OCH3 is 2. The summed E-state index contributed by atoms with van der Waals surface area (Å²) in [5, 5.41) is 0. The lowest BCUT2D eigenvalue weighted by Crippen LogP contribution is -2.59. The average molecular weight is 277 g/mol. The van der Waals surface area contributed by atoms with Crippen molar-refractivity contribution in [1.82, 2.24) is 19.9 Å². The lowest BCUT2D eigenvalue weighted by atomic mass is 10.3. The predicted octanol–water partition coefficient (Wildman–Crippen LogP) is 0.0722. The van der Waals surface area contributed by atoms with Gasteiger partial charge < -0.3 is 14.2 Å². The van der Waals surface area contributed by atoms with E-state index in [-0.39, 0.29) is 12.4 Å². The molecule has 1 aliphatic heterocycles. The van der Waals surface area contributed by atoms with Crippen LogP contribution < -0.4 is 0 Å². The maximum atomic E-state index is 5.42. The second kappa shape index (κ2) is 6.91. The van der Waals surface area contributed by atoms with Gasteiger partial charge in [0.25, 0.3) is 5.91 Å². The van der Waals surface area contributed by atoms with Gasteiger partial charge in [-0.3, -0.25) is 0 Å². The van der Waals surface area contributed by atoms with Crippen LogP contribution >= 0.6 is 12.4 Å². The molecule has 0 radical (unpaired) electrons. The molecule has 2 rings (SSSR count). The summed E-state index contributed by atoms with van der Waals surface area (Å²) in [7, 11) is 3.19. The Kier molecular flexibility index (Phi) is 5.83. The third kappa shape index (κ3) is 3.12. The molecule has 1 aliphatic rings. The quantitative estimate of drug-likeness (QED) is 0.721. The van der Waals surface area contributed by atoms with Gasteiger partial charge in [0.05, 0.1) is 13.2 Å². The molecule has 1 fully saturated rings. The lowest BCUT2D eigenvalue weighted by molar-refractivity contribution is -0.338. The van der Waals surface area contributed by atoms with E-state index in [1.54, 1.807) is 14.2 Å². The minimum atomic E-state index is -0.856. The van der Waals surface area contributed by atoms with Gasteiger partial charge in [-0.05, 0) is 0 Å². The summed E-state index contributed by atoms with van der Waals surface area (Å²) in [6.45, 7) is 2.24. The highest BCUT2D eigenvalue weighted by atomic mass is 35.5. The fraction of sp³-hybridized carbons (Fsp3) is 0.700. The van der Waals surface area contributed by atoms with Crippen molar-refractivity contribution in [3.63, 3.8) is 0 Å². The zero-order chi connectivity index (χ0) is 12.1. The Morgan fingerprint density at radius 1 is 1.33 bits per heavy atom. The molecule has 102 valence electrons. The minimum Gasteiger partial charge on any atom is -0.373 e. The second-order valence-electron chi connectivity index (χ2n) is 3.65. The van der Waals surface area contributed by atoms with E-state index in [4.69, 9.17) is 14.2 Å². The van der Waals surface area contributed by atoms with Crippen molar-refractivity contribution in [3.05, 3.63) is 18.5 Å². The van der Waals surface area contributed by atoms with E-state index in [0.29, 0.717) is 32.1 Å². The molecule has 0 atom stereocenters. The largest absolute Gasteiger partial charge is 0.373 e. The Labute approximate surface area is 112 Å². The first-order valence-corrected chi connectivity index (χ1v) is 5.35. The van der Waals surface area contributed by atoms with E-state index in [9.17, 15) is 0 Å². The molecule has 7 nitrogen and oxygen atoms in total. The van der Waals surface area contributed by atoms with E-state index in [1.807, 2.05) is 4.90 Å². The van der Waals surface area contributed by atoms with E-state index in [0.717, 1.165) is 0 Å². The van der Waals surface area contributed by atoms with Crippen molar-refractivity contribution >= 4 is 12.4 Å². The molecule has 0 spiro atoms. The summed E-state index contributed by atoms with van der Waals surface area (Å²) in [5.74, 6) is -0.175. The number of hydrogen-bond donors (Lipinski definition) is 0. The zero-order valence-corrected chi connectivity index (χ0v) is 11.2. The van der Waals surface area contributed by atoms with Crippen LogP contribution in [0, 0.1) is 0 Å². The molecule has 0 unspecified atom stereocenters. The first-order chi connectivity index (χ1) is 8.30. The molecule has 2 heterocycles. The third-order valence-corrected chi connectivity index (χ3v) is 2.79. The molecule has 1 aromatic heterocycles. The summed E-state index contributed by atoms with van der Waals surface area (Å²) in [5.41, 5.74) is 0. The highest BCUT2D eigenvalue weighted by Crippen LogP contribution is 2.23. The van der Waals surface area contributed by atoms with Gasteiger partial charge >= 0.3 is 0 Å². The molecular formula is C10H17ClN4O3. The van der Waals surface area contributed by atoms with Crippen LogP contribution in [0.4, 0.5) is 0 Å². The number of ether oxygens (including phenoxy) is 3. The topological polar surface area (TPSA) is 69.6 Å². The molecule has 0 bridgehead atoms. The maximum absolute atomic E-state index is 5.42. The van der Waals surface area contributed by atoms with Crippen LogP contribution in [0.2, 0.25) is 0 Å². The van der Waals surface area contributed by atoms with E-state index < -0.39 is 5.91 Å². The highest BCUT2D eigenvalue weighted by Gasteiger charge is 2.40. The first kappa shape index (κ1) is 15.2. The molecule has 0 aromatic carbocycles. The van der Waals surface area contributed by atoms with Gasteiger partial charge in [-0.2, -0.15) is 0 Å². The van der Waals surface area contributed by atoms with Crippen LogP contribution in [-0.4, -0.2) is 59.7 Å². The second-order valence-corrected chi connectivity index (χ2v) is 3.65. The fourth-order valence-electron chi connectivity index (χ4n) is 1.81. The van der Waals surface area contributed by atoms with Crippen LogP contribution in [0.15, 0.2) is 12.7 Å². The van der Waals surface area contributed by atoms with Gasteiger partial charge in [-0.15, -0.1) is 12.4 Å². The molecule has 18 heavy (non-hydrogen) atoms. The summed E-state index contributed by atoms with van der Waals surface area (Å²) < 4.78 is 16.2. The van der Waals surface area contributed by atoms with Crippen LogP contribution in [0.25, 0.3) is 0 Å². The number of hydrogen-bond acceptors (Lipinski definition) is 7. The Bertz CT molecular complexity index is 350. The zero-order valence-electron chi connectivity index (χ0n) is 10.4. The normalized spacial score (nSPS) is 19.2. The Hall–Kier alpha value is -0.860. The third-order valence-electron chi connectivity index (χ3n) is 2.79. The van der Waals surface area contributed by atoms with Crippen molar-refractivity contribution in [2.75, 3.05) is 34.0 Å². The number of aromatic nitrogens is 3. The van der Waals surface area contributed by atoms with Crippen molar-refractivity contribution in [3.8, 4) is 0 Å². The lowest BCUT2D eigenvalue weighted by Gasteiger charge is -2.43. The summed E-state index contributed by atoms with van der Waals surface area (Å²) >= 11 is 0. The van der Waals surface area contributed by atoms with Gasteiger partial charge in [0.15, 0.2) is 0 Å². The molecule has 0 saturated carbocycles. The van der Waals surface area contributed by atoms with Crippen molar-refractivity contribution < 1.29 is 14.2 Å². The average Bonchev–Trinajstić information content (AvgIpc) is 2.41. The highest BCUT2D eigenvalue weighted by molar-refractivity contribution is 5.85. The van der Waals surface area contributed by atoms with Gasteiger partial charge in [0.1, 0.15) is 25.1 Å². The molecule has 0 amide bonds. The Morgan fingerprint density at radius 3 is 2.61 bits per heavy atom. The van der Waals surface area contributed by atoms with E-state index >= 15 is 0 Å². The standard InChI is InChI=1S/C10H16N4O3.ClH/c1-15-10(16-2)6-17-4-3-14(10)5-9-12-7-11-8-13-9;/h7-8H,3-6H2,1-2H3;1H. The van der Waals surface area contributed by atoms with Crippen LogP contribution in [0.5, 0.6) is 0 Å². The monoisotopic (exact) mass is 276 g/mol. The molecule has 0 N–H and O–H groups in total. The van der Waals surface area contributed by atoms with Gasteiger partial charge in [0, 0.05) is 20.8 Å². The fourth-order valence-corrected chi connectivity index (χ4v) is 1.81. The van der Waals surface area contributed by atoms with Crippen molar-refractivity contribution in [1.29, 1.82) is 0 Å². The number of halogens is 1. The molecule has 1 aromatic rings. The van der Waals surface area contributed by atoms with Crippen LogP contribution in [0.3, 0.4) is 0 Å². The number of morpholine rings is 1. The molecular weight excluding hydrogens is 260 g/mol. The Balaban J connectivity index is 0.00000162. The van der Waals surface area contributed by atoms with Gasteiger partial charge in [-0.25, -0.2) is 19.9 Å². The first-order valence-electron chi connectivity index (χ1n) is 5.35. The van der Waals surface area contributed by atoms with Crippen molar-refractivity contribution in [2.45, 2.75) is 12.5 Å². The summed E-state index contributed by atoms with van der Waals surface area (Å²) in [4.78, 5) is 14.0. The number of rotatable bonds is 4. The summed E-state index contributed by atoms with van der Waals surface area (Å²) in [6, 6.07) is 0. The Morgan fingerprint density at radius 2 is 2.00 bits per heavy atom. The smallest absolute Gasteiger partial charge is 0.254 e. The van der Waals surface area contributed by atoms with Gasteiger partial charge in [-0.1, -0.05) is 0 Å². The molecule has 0 aliphatic carbocycles. The van der Waals surface area contributed by atoms with E-state index in [2.05, 4.69) is 15.0 Å². The minimum absolute atomic E-state index is 0. The molecule has 1 saturated heterocycles. The SMILES string of the molecule is COC1(OC)COCCN1Cc1ncncn1.Cl. The van der Waals surface area contributed by atoms with Crippen LogP contribution in [-0.2, 0) is 20.8 Å². The van der Waals surface area contributed by atoms with Crippen molar-refractivity contribution in [2.24, 2.45) is 0 Å². The predicted molar refractivity (Wildman–Crippen MR) is 65.1 cm³/mol.